The van der Waals surface area contributed by atoms with Crippen LogP contribution in [0, 0.1) is 0 Å². The van der Waals surface area contributed by atoms with E-state index in [1.165, 1.54) is 6.26 Å². The summed E-state index contributed by atoms with van der Waals surface area (Å²) in [6, 6.07) is 9.95. The normalized spacial score (nSPS) is 17.6. The summed E-state index contributed by atoms with van der Waals surface area (Å²) in [4.78, 5) is 2.10. The first-order chi connectivity index (χ1) is 8.96. The average Bonchev–Trinajstić information content (AvgIpc) is 3.18. The molecule has 1 saturated carbocycles. The maximum atomic E-state index is 11.2. The van der Waals surface area contributed by atoms with Gasteiger partial charge in [0.15, 0.2) is 0 Å². The number of aliphatic hydroxyl groups excluding tert-OH is 1. The number of nitrogens with zero attached hydrogens (tertiary/aromatic N) is 1. The van der Waals surface area contributed by atoms with Crippen molar-refractivity contribution in [3.8, 4) is 0 Å². The maximum absolute atomic E-state index is 11.2. The molecule has 0 amide bonds. The molecule has 1 aromatic rings. The Balaban J connectivity index is 1.93. The third-order valence-electron chi connectivity index (χ3n) is 3.40. The summed E-state index contributed by atoms with van der Waals surface area (Å²) in [5, 5.41) is 10.2. The van der Waals surface area contributed by atoms with Gasteiger partial charge in [0.1, 0.15) is 9.84 Å². The van der Waals surface area contributed by atoms with Crippen LogP contribution in [0.15, 0.2) is 30.3 Å². The predicted octanol–water partition coefficient (Wildman–Crippen LogP) is 1.23. The summed E-state index contributed by atoms with van der Waals surface area (Å²) in [6.07, 6.45) is 2.91. The van der Waals surface area contributed by atoms with E-state index in [1.54, 1.807) is 0 Å². The van der Waals surface area contributed by atoms with Crippen LogP contribution in [0.25, 0.3) is 0 Å². The smallest absolute Gasteiger partial charge is 0.148 e. The fraction of sp³-hybridized carbons (Fsp3) is 0.571. The van der Waals surface area contributed by atoms with Crippen LogP contribution < -0.4 is 0 Å². The van der Waals surface area contributed by atoms with Gasteiger partial charge in [-0.1, -0.05) is 30.3 Å². The topological polar surface area (TPSA) is 57.6 Å². The molecule has 0 aliphatic heterocycles. The molecule has 0 heterocycles. The fourth-order valence-electron chi connectivity index (χ4n) is 2.15. The largest absolute Gasteiger partial charge is 0.387 e. The molecule has 19 heavy (non-hydrogen) atoms. The van der Waals surface area contributed by atoms with Crippen molar-refractivity contribution in [2.75, 3.05) is 25.1 Å². The number of rotatable bonds is 7. The summed E-state index contributed by atoms with van der Waals surface area (Å²) in [7, 11) is -2.95. The van der Waals surface area contributed by atoms with Crippen LogP contribution >= 0.6 is 0 Å². The van der Waals surface area contributed by atoms with Crippen molar-refractivity contribution in [1.29, 1.82) is 0 Å². The molecular formula is C14H21NO3S. The van der Waals surface area contributed by atoms with E-state index in [9.17, 15) is 13.5 Å². The highest BCUT2D eigenvalue weighted by atomic mass is 32.2. The minimum Gasteiger partial charge on any atom is -0.387 e. The molecule has 5 heteroatoms. The molecule has 0 aromatic heterocycles. The van der Waals surface area contributed by atoms with Gasteiger partial charge in [0.05, 0.1) is 11.9 Å². The van der Waals surface area contributed by atoms with Crippen LogP contribution in [0.1, 0.15) is 24.5 Å². The molecule has 0 saturated heterocycles. The van der Waals surface area contributed by atoms with Crippen molar-refractivity contribution in [2.45, 2.75) is 25.0 Å². The zero-order valence-electron chi connectivity index (χ0n) is 11.2. The molecule has 106 valence electrons. The second kappa shape index (κ2) is 6.03. The first-order valence-electron chi connectivity index (χ1n) is 6.60. The van der Waals surface area contributed by atoms with E-state index in [2.05, 4.69) is 4.90 Å². The third-order valence-corrected chi connectivity index (χ3v) is 4.33. The number of aliphatic hydroxyl groups is 1. The Morgan fingerprint density at radius 1 is 1.32 bits per heavy atom. The van der Waals surface area contributed by atoms with E-state index in [0.29, 0.717) is 19.1 Å². The van der Waals surface area contributed by atoms with Gasteiger partial charge in [-0.25, -0.2) is 8.42 Å². The maximum Gasteiger partial charge on any atom is 0.148 e. The lowest BCUT2D eigenvalue weighted by atomic mass is 10.1. The molecule has 2 rings (SSSR count). The second-order valence-corrected chi connectivity index (χ2v) is 7.54. The number of sulfone groups is 1. The standard InChI is InChI=1S/C14H21NO3S/c1-19(17,18)10-9-15(13-7-8-13)11-14(16)12-5-3-2-4-6-12/h2-6,13-14,16H,7-11H2,1H3. The highest BCUT2D eigenvalue weighted by Gasteiger charge is 2.30. The van der Waals surface area contributed by atoms with E-state index < -0.39 is 15.9 Å². The van der Waals surface area contributed by atoms with Crippen molar-refractivity contribution in [3.63, 3.8) is 0 Å². The Labute approximate surface area is 115 Å². The zero-order chi connectivity index (χ0) is 13.9. The quantitative estimate of drug-likeness (QED) is 0.817. The van der Waals surface area contributed by atoms with Gasteiger partial charge in [-0.05, 0) is 18.4 Å². The first-order valence-corrected chi connectivity index (χ1v) is 8.66. The molecule has 1 aromatic carbocycles. The molecule has 0 radical (unpaired) electrons. The van der Waals surface area contributed by atoms with Gasteiger partial charge in [-0.2, -0.15) is 0 Å². The van der Waals surface area contributed by atoms with Crippen molar-refractivity contribution < 1.29 is 13.5 Å². The average molecular weight is 283 g/mol. The van der Waals surface area contributed by atoms with E-state index in [4.69, 9.17) is 0 Å². The van der Waals surface area contributed by atoms with Crippen molar-refractivity contribution in [3.05, 3.63) is 35.9 Å². The van der Waals surface area contributed by atoms with E-state index >= 15 is 0 Å². The zero-order valence-corrected chi connectivity index (χ0v) is 12.0. The van der Waals surface area contributed by atoms with Gasteiger partial charge in [0.2, 0.25) is 0 Å². The SMILES string of the molecule is CS(=O)(=O)CCN(CC(O)c1ccccc1)C1CC1. The predicted molar refractivity (Wildman–Crippen MR) is 75.7 cm³/mol. The lowest BCUT2D eigenvalue weighted by Gasteiger charge is -2.24. The van der Waals surface area contributed by atoms with E-state index in [0.717, 1.165) is 18.4 Å². The Morgan fingerprint density at radius 2 is 1.95 bits per heavy atom. The van der Waals surface area contributed by atoms with Crippen LogP contribution in [0.5, 0.6) is 0 Å². The minimum atomic E-state index is -2.95. The molecule has 1 aliphatic rings. The second-order valence-electron chi connectivity index (χ2n) is 5.28. The minimum absolute atomic E-state index is 0.158. The Hall–Kier alpha value is -0.910. The summed E-state index contributed by atoms with van der Waals surface area (Å²) in [6.45, 7) is 1.01. The molecule has 1 unspecified atom stereocenters. The van der Waals surface area contributed by atoms with Crippen molar-refractivity contribution >= 4 is 9.84 Å². The molecular weight excluding hydrogens is 262 g/mol. The number of hydrogen-bond donors (Lipinski definition) is 1. The molecule has 1 aliphatic carbocycles. The first kappa shape index (κ1) is 14.5. The summed E-state index contributed by atoms with van der Waals surface area (Å²) < 4.78 is 22.5. The van der Waals surface area contributed by atoms with Crippen LogP contribution in [-0.2, 0) is 9.84 Å². The molecule has 1 N–H and O–H groups in total. The Bertz CT molecular complexity index is 497. The summed E-state index contributed by atoms with van der Waals surface area (Å²) >= 11 is 0. The van der Waals surface area contributed by atoms with Gasteiger partial charge in [0, 0.05) is 25.4 Å². The van der Waals surface area contributed by atoms with Crippen molar-refractivity contribution in [1.82, 2.24) is 4.90 Å². The van der Waals surface area contributed by atoms with Crippen molar-refractivity contribution in [2.24, 2.45) is 0 Å². The van der Waals surface area contributed by atoms with Crippen LogP contribution in [0.2, 0.25) is 0 Å². The van der Waals surface area contributed by atoms with Crippen LogP contribution in [0.4, 0.5) is 0 Å². The fourth-order valence-corrected chi connectivity index (χ4v) is 2.71. The van der Waals surface area contributed by atoms with E-state index in [-0.39, 0.29) is 5.75 Å². The van der Waals surface area contributed by atoms with Gasteiger partial charge in [-0.3, -0.25) is 4.90 Å². The number of benzene rings is 1. The molecule has 4 nitrogen and oxygen atoms in total. The van der Waals surface area contributed by atoms with Crippen LogP contribution in [-0.4, -0.2) is 49.6 Å². The number of hydrogen-bond acceptors (Lipinski definition) is 4. The highest BCUT2D eigenvalue weighted by Crippen LogP contribution is 2.28. The highest BCUT2D eigenvalue weighted by molar-refractivity contribution is 7.90. The van der Waals surface area contributed by atoms with Gasteiger partial charge >= 0.3 is 0 Å². The van der Waals surface area contributed by atoms with Gasteiger partial charge in [0.25, 0.3) is 0 Å². The van der Waals surface area contributed by atoms with Crippen LogP contribution in [0.3, 0.4) is 0 Å². The van der Waals surface area contributed by atoms with Gasteiger partial charge in [-0.15, -0.1) is 0 Å². The van der Waals surface area contributed by atoms with E-state index in [1.807, 2.05) is 30.3 Å². The Kier molecular flexibility index (Phi) is 4.60. The summed E-state index contributed by atoms with van der Waals surface area (Å²) in [5.41, 5.74) is 0.882. The van der Waals surface area contributed by atoms with Gasteiger partial charge < -0.3 is 5.11 Å². The third kappa shape index (κ3) is 4.93. The lowest BCUT2D eigenvalue weighted by molar-refractivity contribution is 0.112. The molecule has 0 bridgehead atoms. The Morgan fingerprint density at radius 3 is 2.47 bits per heavy atom. The lowest BCUT2D eigenvalue weighted by Crippen LogP contribution is -2.34. The monoisotopic (exact) mass is 283 g/mol. The molecule has 0 spiro atoms. The molecule has 1 fully saturated rings. The molecule has 1 atom stereocenters. The summed E-state index contributed by atoms with van der Waals surface area (Å²) in [5.74, 6) is 0.158.